The maximum absolute atomic E-state index is 14.2. The summed E-state index contributed by atoms with van der Waals surface area (Å²) in [4.78, 5) is 14.8. The molecule has 1 aliphatic heterocycles. The van der Waals surface area contributed by atoms with E-state index in [-0.39, 0.29) is 24.9 Å². The molecule has 7 heteroatoms. The highest BCUT2D eigenvalue weighted by atomic mass is 19.1. The first-order valence-corrected chi connectivity index (χ1v) is 11.3. The Balaban J connectivity index is 1.55. The van der Waals surface area contributed by atoms with Crippen molar-refractivity contribution in [2.75, 3.05) is 13.2 Å². The van der Waals surface area contributed by atoms with E-state index in [1.807, 2.05) is 19.1 Å². The normalized spacial score (nSPS) is 19.1. The highest BCUT2D eigenvalue weighted by Crippen LogP contribution is 2.40. The molecule has 1 aliphatic rings. The fraction of sp³-hybridized carbons (Fsp3) is 0.296. The van der Waals surface area contributed by atoms with Crippen LogP contribution in [-0.2, 0) is 10.3 Å². The summed E-state index contributed by atoms with van der Waals surface area (Å²) in [5.74, 6) is -1.66. The Morgan fingerprint density at radius 1 is 1.00 bits per heavy atom. The minimum atomic E-state index is -1.02. The Kier molecular flexibility index (Phi) is 6.93. The van der Waals surface area contributed by atoms with E-state index in [0.717, 1.165) is 11.6 Å². The second-order valence-corrected chi connectivity index (χ2v) is 8.46. The maximum Gasteiger partial charge on any atom is 0.411 e. The molecule has 1 fully saturated rings. The van der Waals surface area contributed by atoms with E-state index in [2.05, 4.69) is 0 Å². The number of ether oxygens (including phenoxy) is 1. The number of rotatable bonds is 7. The molecule has 4 rings (SSSR count). The molecule has 0 saturated carbocycles. The fourth-order valence-electron chi connectivity index (χ4n) is 4.65. The molecule has 0 aliphatic carbocycles. The number of nitrogens with zero attached hydrogens (tertiary/aromatic N) is 1. The van der Waals surface area contributed by atoms with Crippen LogP contribution >= 0.6 is 0 Å². The summed E-state index contributed by atoms with van der Waals surface area (Å²) >= 11 is 0. The third-order valence-corrected chi connectivity index (χ3v) is 6.46. The van der Waals surface area contributed by atoms with Gasteiger partial charge in [-0.25, -0.2) is 18.0 Å². The summed E-state index contributed by atoms with van der Waals surface area (Å²) in [5, 5.41) is 9.61. The van der Waals surface area contributed by atoms with Crippen molar-refractivity contribution in [2.24, 2.45) is 0 Å². The highest BCUT2D eigenvalue weighted by molar-refractivity contribution is 5.70. The van der Waals surface area contributed by atoms with Crippen LogP contribution in [0.2, 0.25) is 0 Å². The smallest absolute Gasteiger partial charge is 0.411 e. The van der Waals surface area contributed by atoms with Crippen LogP contribution in [0, 0.1) is 17.5 Å². The molecule has 0 aromatic heterocycles. The zero-order valence-corrected chi connectivity index (χ0v) is 18.8. The molecule has 3 aromatic carbocycles. The van der Waals surface area contributed by atoms with Crippen molar-refractivity contribution in [3.8, 4) is 11.1 Å². The SMILES string of the molecule is CC[C@@H](c1ccc(-c2ccc(F)cc2F)cc1)N1CCC(CCO)(c2ccc(F)cc2)OC1=O. The van der Waals surface area contributed by atoms with Crippen molar-refractivity contribution in [3.05, 3.63) is 95.3 Å². The quantitative estimate of drug-likeness (QED) is 0.439. The zero-order chi connectivity index (χ0) is 24.3. The molecule has 1 saturated heterocycles. The van der Waals surface area contributed by atoms with Crippen molar-refractivity contribution in [3.63, 3.8) is 0 Å². The lowest BCUT2D eigenvalue weighted by Gasteiger charge is -2.44. The summed E-state index contributed by atoms with van der Waals surface area (Å²) in [6.45, 7) is 2.17. The number of hydrogen-bond donors (Lipinski definition) is 1. The molecule has 1 amide bonds. The predicted molar refractivity (Wildman–Crippen MR) is 122 cm³/mol. The number of hydrogen-bond acceptors (Lipinski definition) is 3. The van der Waals surface area contributed by atoms with Crippen molar-refractivity contribution in [1.82, 2.24) is 4.90 Å². The van der Waals surface area contributed by atoms with Crippen LogP contribution < -0.4 is 0 Å². The molecule has 2 atom stereocenters. The van der Waals surface area contributed by atoms with Gasteiger partial charge in [-0.2, -0.15) is 0 Å². The molecule has 34 heavy (non-hydrogen) atoms. The Labute approximate surface area is 196 Å². The number of aliphatic hydroxyl groups excluding tert-OH is 1. The Bertz CT molecular complexity index is 1150. The van der Waals surface area contributed by atoms with Crippen molar-refractivity contribution in [1.29, 1.82) is 0 Å². The van der Waals surface area contributed by atoms with Crippen LogP contribution in [-0.4, -0.2) is 29.3 Å². The Hall–Kier alpha value is -3.32. The van der Waals surface area contributed by atoms with Crippen LogP contribution in [0.25, 0.3) is 11.1 Å². The minimum Gasteiger partial charge on any atom is -0.438 e. The average molecular weight is 470 g/mol. The van der Waals surface area contributed by atoms with Gasteiger partial charge in [-0.05, 0) is 47.4 Å². The van der Waals surface area contributed by atoms with E-state index in [9.17, 15) is 23.1 Å². The van der Waals surface area contributed by atoms with Gasteiger partial charge in [-0.15, -0.1) is 0 Å². The van der Waals surface area contributed by atoms with Gasteiger partial charge in [-0.3, -0.25) is 0 Å². The van der Waals surface area contributed by atoms with E-state index in [0.29, 0.717) is 36.1 Å². The number of carbonyl (C=O) groups is 1. The monoisotopic (exact) mass is 469 g/mol. The van der Waals surface area contributed by atoms with Gasteiger partial charge in [0.2, 0.25) is 0 Å². The molecule has 0 bridgehead atoms. The Morgan fingerprint density at radius 3 is 2.26 bits per heavy atom. The standard InChI is InChI=1S/C27H26F3NO3/c1-2-25(19-5-3-18(4-6-19)23-12-11-22(29)17-24(23)30)31-15-13-27(14-16-32,34-26(31)33)20-7-9-21(28)10-8-20/h3-12,17,25,32H,2,13-16H2,1H3/t25-,27?/m0/s1. The number of halogens is 3. The highest BCUT2D eigenvalue weighted by Gasteiger charge is 2.43. The van der Waals surface area contributed by atoms with E-state index in [4.69, 9.17) is 4.74 Å². The second kappa shape index (κ2) is 9.89. The van der Waals surface area contributed by atoms with E-state index in [1.165, 1.54) is 24.3 Å². The van der Waals surface area contributed by atoms with Gasteiger partial charge in [-0.1, -0.05) is 43.3 Å². The predicted octanol–water partition coefficient (Wildman–Crippen LogP) is 6.34. The van der Waals surface area contributed by atoms with Crippen LogP contribution in [0.3, 0.4) is 0 Å². The zero-order valence-electron chi connectivity index (χ0n) is 18.8. The van der Waals surface area contributed by atoms with Gasteiger partial charge in [0.1, 0.15) is 23.1 Å². The number of aliphatic hydroxyl groups is 1. The molecular weight excluding hydrogens is 443 g/mol. The van der Waals surface area contributed by atoms with Crippen LogP contribution in [0.15, 0.2) is 66.7 Å². The Morgan fingerprint density at radius 2 is 1.68 bits per heavy atom. The lowest BCUT2D eigenvalue weighted by atomic mass is 9.85. The molecule has 3 aromatic rings. The summed E-state index contributed by atoms with van der Waals surface area (Å²) in [5.41, 5.74) is 1.40. The third-order valence-electron chi connectivity index (χ3n) is 6.46. The van der Waals surface area contributed by atoms with Crippen LogP contribution in [0.1, 0.15) is 43.4 Å². The van der Waals surface area contributed by atoms with Gasteiger partial charge >= 0.3 is 6.09 Å². The van der Waals surface area contributed by atoms with Gasteiger partial charge in [0.25, 0.3) is 0 Å². The first-order chi connectivity index (χ1) is 16.4. The molecule has 1 N–H and O–H groups in total. The average Bonchev–Trinajstić information content (AvgIpc) is 2.82. The molecule has 0 spiro atoms. The number of cyclic esters (lactones) is 1. The largest absolute Gasteiger partial charge is 0.438 e. The molecule has 0 radical (unpaired) electrons. The van der Waals surface area contributed by atoms with Crippen molar-refractivity contribution in [2.45, 2.75) is 37.8 Å². The van der Waals surface area contributed by atoms with Crippen molar-refractivity contribution >= 4 is 6.09 Å². The van der Waals surface area contributed by atoms with Crippen LogP contribution in [0.4, 0.5) is 18.0 Å². The van der Waals surface area contributed by atoms with Crippen LogP contribution in [0.5, 0.6) is 0 Å². The number of carbonyl (C=O) groups excluding carboxylic acids is 1. The fourth-order valence-corrected chi connectivity index (χ4v) is 4.65. The van der Waals surface area contributed by atoms with Gasteiger partial charge in [0.05, 0.1) is 6.04 Å². The van der Waals surface area contributed by atoms with Gasteiger partial charge < -0.3 is 14.7 Å². The molecule has 4 nitrogen and oxygen atoms in total. The van der Waals surface area contributed by atoms with Gasteiger partial charge in [0.15, 0.2) is 0 Å². The van der Waals surface area contributed by atoms with Crippen molar-refractivity contribution < 1.29 is 27.8 Å². The first-order valence-electron chi connectivity index (χ1n) is 11.3. The second-order valence-electron chi connectivity index (χ2n) is 8.46. The van der Waals surface area contributed by atoms with E-state index < -0.39 is 23.3 Å². The summed E-state index contributed by atoms with van der Waals surface area (Å²) in [6.07, 6.45) is 0.778. The van der Waals surface area contributed by atoms with Gasteiger partial charge in [0, 0.05) is 37.6 Å². The lowest BCUT2D eigenvalue weighted by molar-refractivity contribution is -0.0734. The summed E-state index contributed by atoms with van der Waals surface area (Å²) < 4.78 is 46.7. The maximum atomic E-state index is 14.2. The molecule has 1 heterocycles. The molecular formula is C27H26F3NO3. The number of amides is 1. The molecule has 1 unspecified atom stereocenters. The lowest BCUT2D eigenvalue weighted by Crippen LogP contribution is -2.49. The third kappa shape index (κ3) is 4.66. The van der Waals surface area contributed by atoms with E-state index >= 15 is 0 Å². The summed E-state index contributed by atoms with van der Waals surface area (Å²) in [7, 11) is 0. The first kappa shape index (κ1) is 23.8. The number of benzene rings is 3. The molecule has 178 valence electrons. The topological polar surface area (TPSA) is 49.8 Å². The van der Waals surface area contributed by atoms with E-state index in [1.54, 1.807) is 29.2 Å². The summed E-state index contributed by atoms with van der Waals surface area (Å²) in [6, 6.07) is 16.1. The minimum absolute atomic E-state index is 0.177.